The van der Waals surface area contributed by atoms with Gasteiger partial charge in [-0.05, 0) is 47.6 Å². The van der Waals surface area contributed by atoms with Crippen LogP contribution in [0.1, 0.15) is 74.9 Å². The van der Waals surface area contributed by atoms with E-state index >= 15 is 0 Å². The smallest absolute Gasteiger partial charge is 0.320 e. The molecule has 2 amide bonds. The second-order valence-corrected chi connectivity index (χ2v) is 9.66. The van der Waals surface area contributed by atoms with Gasteiger partial charge < -0.3 is 10.4 Å². The molecule has 3 N–H and O–H groups in total. The number of fused-ring (bicyclic) bond motifs is 1. The zero-order valence-corrected chi connectivity index (χ0v) is 19.2. The third kappa shape index (κ3) is 4.55. The quantitative estimate of drug-likeness (QED) is 0.515. The summed E-state index contributed by atoms with van der Waals surface area (Å²) in [5.74, 6) is 1.10. The molecule has 0 radical (unpaired) electrons. The molecule has 0 bridgehead atoms. The SMILES string of the molecule is C[C@@H]1CC[C@H](NC(=O)Nc2cc(C(C)(C)C)nn2-c2cccc(CO)c2)c2ccccc21. The third-order valence-corrected chi connectivity index (χ3v) is 6.15. The number of amides is 2. The van der Waals surface area contributed by atoms with Gasteiger partial charge in [-0.15, -0.1) is 0 Å². The number of carbonyl (C=O) groups excluding carboxylic acids is 1. The number of hydrogen-bond donors (Lipinski definition) is 3. The Balaban J connectivity index is 1.60. The molecule has 2 atom stereocenters. The number of urea groups is 1. The molecule has 0 aliphatic heterocycles. The van der Waals surface area contributed by atoms with E-state index in [1.54, 1.807) is 4.68 Å². The first-order chi connectivity index (χ1) is 15.3. The topological polar surface area (TPSA) is 79.2 Å². The van der Waals surface area contributed by atoms with Crippen molar-refractivity contribution < 1.29 is 9.90 Å². The van der Waals surface area contributed by atoms with Gasteiger partial charge in [0.05, 0.1) is 24.0 Å². The lowest BCUT2D eigenvalue weighted by atomic mass is 9.81. The van der Waals surface area contributed by atoms with Crippen molar-refractivity contribution in [1.29, 1.82) is 0 Å². The van der Waals surface area contributed by atoms with Crippen LogP contribution in [-0.2, 0) is 12.0 Å². The molecule has 6 nitrogen and oxygen atoms in total. The number of carbonyl (C=O) groups is 1. The van der Waals surface area contributed by atoms with Crippen molar-refractivity contribution in [1.82, 2.24) is 15.1 Å². The van der Waals surface area contributed by atoms with Gasteiger partial charge in [0.1, 0.15) is 5.82 Å². The van der Waals surface area contributed by atoms with Crippen molar-refractivity contribution in [2.75, 3.05) is 5.32 Å². The molecule has 4 rings (SSSR count). The predicted molar refractivity (Wildman–Crippen MR) is 127 cm³/mol. The Bertz CT molecular complexity index is 1110. The Morgan fingerprint density at radius 3 is 2.56 bits per heavy atom. The number of nitrogens with zero attached hydrogens (tertiary/aromatic N) is 2. The summed E-state index contributed by atoms with van der Waals surface area (Å²) in [5, 5.41) is 20.5. The van der Waals surface area contributed by atoms with E-state index in [0.29, 0.717) is 11.7 Å². The Labute approximate surface area is 189 Å². The van der Waals surface area contributed by atoms with Crippen molar-refractivity contribution in [2.45, 2.75) is 64.5 Å². The van der Waals surface area contributed by atoms with E-state index in [1.807, 2.05) is 36.4 Å². The van der Waals surface area contributed by atoms with Crippen LogP contribution in [0, 0.1) is 0 Å². The molecule has 32 heavy (non-hydrogen) atoms. The van der Waals surface area contributed by atoms with Crippen molar-refractivity contribution in [3.8, 4) is 5.69 Å². The molecule has 1 aromatic heterocycles. The van der Waals surface area contributed by atoms with Crippen LogP contribution in [0.2, 0.25) is 0 Å². The van der Waals surface area contributed by atoms with E-state index < -0.39 is 0 Å². The lowest BCUT2D eigenvalue weighted by molar-refractivity contribution is 0.246. The Hall–Kier alpha value is -3.12. The number of anilines is 1. The van der Waals surface area contributed by atoms with Crippen LogP contribution in [0.25, 0.3) is 5.69 Å². The molecular weight excluding hydrogens is 400 g/mol. The zero-order valence-electron chi connectivity index (χ0n) is 19.2. The van der Waals surface area contributed by atoms with Crippen LogP contribution >= 0.6 is 0 Å². The first-order valence-corrected chi connectivity index (χ1v) is 11.2. The van der Waals surface area contributed by atoms with Crippen LogP contribution in [0.15, 0.2) is 54.6 Å². The molecule has 0 saturated heterocycles. The Kier molecular flexibility index (Phi) is 6.07. The standard InChI is InChI=1S/C26H32N4O2/c1-17-12-13-22(21-11-6-5-10-20(17)21)27-25(32)28-24-15-23(26(2,3)4)29-30(24)19-9-7-8-18(14-19)16-31/h5-11,14-15,17,22,31H,12-13,16H2,1-4H3,(H2,27,28,32)/t17-,22+/m1/s1. The minimum Gasteiger partial charge on any atom is -0.392 e. The lowest BCUT2D eigenvalue weighted by Gasteiger charge is -2.30. The minimum atomic E-state index is -0.251. The molecule has 1 aliphatic carbocycles. The lowest BCUT2D eigenvalue weighted by Crippen LogP contribution is -2.35. The average Bonchev–Trinajstić information content (AvgIpc) is 3.20. The summed E-state index contributed by atoms with van der Waals surface area (Å²) >= 11 is 0. The Morgan fingerprint density at radius 1 is 1.09 bits per heavy atom. The highest BCUT2D eigenvalue weighted by Gasteiger charge is 2.26. The minimum absolute atomic E-state index is 0.0152. The summed E-state index contributed by atoms with van der Waals surface area (Å²) in [6.45, 7) is 8.46. The predicted octanol–water partition coefficient (Wildman–Crippen LogP) is 5.42. The highest BCUT2D eigenvalue weighted by atomic mass is 16.3. The first kappa shape index (κ1) is 22.1. The average molecular weight is 433 g/mol. The van der Waals surface area contributed by atoms with Gasteiger partial charge in [0.15, 0.2) is 0 Å². The molecule has 3 aromatic rings. The highest BCUT2D eigenvalue weighted by molar-refractivity contribution is 5.89. The number of hydrogen-bond acceptors (Lipinski definition) is 3. The van der Waals surface area contributed by atoms with E-state index in [4.69, 9.17) is 5.10 Å². The highest BCUT2D eigenvalue weighted by Crippen LogP contribution is 2.37. The van der Waals surface area contributed by atoms with E-state index in [1.165, 1.54) is 11.1 Å². The van der Waals surface area contributed by atoms with E-state index in [-0.39, 0.29) is 24.1 Å². The van der Waals surface area contributed by atoms with Gasteiger partial charge in [-0.3, -0.25) is 5.32 Å². The zero-order chi connectivity index (χ0) is 22.9. The summed E-state index contributed by atoms with van der Waals surface area (Å²) in [5.41, 5.74) is 4.79. The van der Waals surface area contributed by atoms with Gasteiger partial charge in [0, 0.05) is 11.5 Å². The van der Waals surface area contributed by atoms with E-state index in [9.17, 15) is 9.90 Å². The van der Waals surface area contributed by atoms with Gasteiger partial charge in [-0.1, -0.05) is 64.1 Å². The summed E-state index contributed by atoms with van der Waals surface area (Å²) in [7, 11) is 0. The first-order valence-electron chi connectivity index (χ1n) is 11.2. The number of nitrogens with one attached hydrogen (secondary N) is 2. The maximum atomic E-state index is 13.0. The van der Waals surface area contributed by atoms with Crippen LogP contribution in [0.3, 0.4) is 0 Å². The van der Waals surface area contributed by atoms with Crippen molar-refractivity contribution in [2.24, 2.45) is 0 Å². The molecule has 2 aromatic carbocycles. The fraction of sp³-hybridized carbons (Fsp3) is 0.385. The number of benzene rings is 2. The van der Waals surface area contributed by atoms with Crippen LogP contribution in [0.4, 0.5) is 10.6 Å². The summed E-state index contributed by atoms with van der Waals surface area (Å²) < 4.78 is 1.73. The normalized spacial score (nSPS) is 18.2. The molecule has 0 saturated carbocycles. The maximum absolute atomic E-state index is 13.0. The molecule has 168 valence electrons. The molecule has 0 spiro atoms. The summed E-state index contributed by atoms with van der Waals surface area (Å²) in [4.78, 5) is 13.0. The molecular formula is C26H32N4O2. The van der Waals surface area contributed by atoms with Crippen LogP contribution in [-0.4, -0.2) is 20.9 Å². The summed E-state index contributed by atoms with van der Waals surface area (Å²) in [6, 6.07) is 17.5. The monoisotopic (exact) mass is 432 g/mol. The van der Waals surface area contributed by atoms with Crippen molar-refractivity contribution >= 4 is 11.8 Å². The van der Waals surface area contributed by atoms with E-state index in [2.05, 4.69) is 56.5 Å². The van der Waals surface area contributed by atoms with Gasteiger partial charge in [-0.25, -0.2) is 9.48 Å². The molecule has 1 heterocycles. The van der Waals surface area contributed by atoms with Gasteiger partial charge in [0.2, 0.25) is 0 Å². The summed E-state index contributed by atoms with van der Waals surface area (Å²) in [6.07, 6.45) is 1.96. The largest absolute Gasteiger partial charge is 0.392 e. The molecule has 6 heteroatoms. The third-order valence-electron chi connectivity index (χ3n) is 6.15. The van der Waals surface area contributed by atoms with Crippen LogP contribution in [0.5, 0.6) is 0 Å². The molecule has 1 aliphatic rings. The molecule has 0 unspecified atom stereocenters. The number of aromatic nitrogens is 2. The number of rotatable bonds is 4. The van der Waals surface area contributed by atoms with Gasteiger partial charge in [0.25, 0.3) is 0 Å². The second kappa shape index (κ2) is 8.79. The fourth-order valence-electron chi connectivity index (χ4n) is 4.29. The van der Waals surface area contributed by atoms with Gasteiger partial charge >= 0.3 is 6.03 Å². The number of aliphatic hydroxyl groups excluding tert-OH is 1. The molecule has 0 fully saturated rings. The van der Waals surface area contributed by atoms with Crippen molar-refractivity contribution in [3.05, 3.63) is 77.0 Å². The maximum Gasteiger partial charge on any atom is 0.320 e. The van der Waals surface area contributed by atoms with Gasteiger partial charge in [-0.2, -0.15) is 5.10 Å². The van der Waals surface area contributed by atoms with E-state index in [0.717, 1.165) is 29.8 Å². The fourth-order valence-corrected chi connectivity index (χ4v) is 4.29. The van der Waals surface area contributed by atoms with Crippen molar-refractivity contribution in [3.63, 3.8) is 0 Å². The number of aliphatic hydroxyl groups is 1. The second-order valence-electron chi connectivity index (χ2n) is 9.66. The van der Waals surface area contributed by atoms with Crippen LogP contribution < -0.4 is 10.6 Å². The Morgan fingerprint density at radius 2 is 1.84 bits per heavy atom.